The summed E-state index contributed by atoms with van der Waals surface area (Å²) < 4.78 is 6.27. The number of benzene rings is 1. The zero-order chi connectivity index (χ0) is 12.8. The van der Waals surface area contributed by atoms with Gasteiger partial charge in [-0.1, -0.05) is 11.2 Å². The molecular formula is C12H12N4OS. The molecule has 0 N–H and O–H groups in total. The van der Waals surface area contributed by atoms with E-state index in [0.717, 1.165) is 27.4 Å². The molecule has 0 unspecified atom stereocenters. The van der Waals surface area contributed by atoms with Crippen LogP contribution in [0.2, 0.25) is 0 Å². The molecule has 0 bridgehead atoms. The second kappa shape index (κ2) is 6.05. The Morgan fingerprint density at radius 3 is 3.22 bits per heavy atom. The summed E-state index contributed by atoms with van der Waals surface area (Å²) in [6.07, 6.45) is 4.64. The minimum absolute atomic E-state index is 0.478. The highest BCUT2D eigenvalue weighted by molar-refractivity contribution is 7.19. The van der Waals surface area contributed by atoms with Crippen molar-refractivity contribution in [3.05, 3.63) is 39.7 Å². The Morgan fingerprint density at radius 2 is 2.44 bits per heavy atom. The minimum Gasteiger partial charge on any atom is -0.497 e. The molecule has 1 aromatic heterocycles. The predicted molar refractivity (Wildman–Crippen MR) is 73.8 cm³/mol. The van der Waals surface area contributed by atoms with Gasteiger partial charge in [-0.3, -0.25) is 0 Å². The number of thiazole rings is 1. The van der Waals surface area contributed by atoms with E-state index in [0.29, 0.717) is 6.54 Å². The smallest absolute Gasteiger partial charge is 0.120 e. The van der Waals surface area contributed by atoms with Gasteiger partial charge in [-0.25, -0.2) is 4.98 Å². The Labute approximate surface area is 108 Å². The monoisotopic (exact) mass is 260 g/mol. The predicted octanol–water partition coefficient (Wildman–Crippen LogP) is 4.02. The Balaban J connectivity index is 2.12. The standard InChI is InChI=1S/C12H12N4OS/c1-17-9-5-6-10-11(8-9)18-12(15-10)4-2-3-7-14-16-13/h2,4-6,8H,3,7H2,1H3. The lowest BCUT2D eigenvalue weighted by atomic mass is 10.3. The van der Waals surface area contributed by atoms with Crippen LogP contribution in [0.5, 0.6) is 5.75 Å². The Bertz CT molecular complexity index is 614. The third-order valence-corrected chi connectivity index (χ3v) is 3.31. The molecule has 0 saturated heterocycles. The molecule has 18 heavy (non-hydrogen) atoms. The average Bonchev–Trinajstić information content (AvgIpc) is 2.80. The van der Waals surface area contributed by atoms with Crippen LogP contribution in [0.4, 0.5) is 0 Å². The van der Waals surface area contributed by atoms with Crippen LogP contribution >= 0.6 is 11.3 Å². The van der Waals surface area contributed by atoms with Gasteiger partial charge in [0.2, 0.25) is 0 Å². The van der Waals surface area contributed by atoms with E-state index in [-0.39, 0.29) is 0 Å². The SMILES string of the molecule is COc1ccc2nc(C=CCCN=[N+]=[N-])sc2c1. The maximum atomic E-state index is 8.14. The molecular weight excluding hydrogens is 248 g/mol. The molecule has 1 heterocycles. The van der Waals surface area contributed by atoms with Gasteiger partial charge >= 0.3 is 0 Å². The first-order valence-electron chi connectivity index (χ1n) is 5.45. The first-order chi connectivity index (χ1) is 8.83. The second-order valence-corrected chi connectivity index (χ2v) is 4.59. The van der Waals surface area contributed by atoms with Gasteiger partial charge in [-0.15, -0.1) is 11.3 Å². The number of hydrogen-bond donors (Lipinski definition) is 0. The fraction of sp³-hybridized carbons (Fsp3) is 0.250. The molecule has 0 aliphatic carbocycles. The highest BCUT2D eigenvalue weighted by Gasteiger charge is 2.02. The molecule has 0 atom stereocenters. The lowest BCUT2D eigenvalue weighted by molar-refractivity contribution is 0.415. The molecule has 0 radical (unpaired) electrons. The summed E-state index contributed by atoms with van der Waals surface area (Å²) in [5.41, 5.74) is 9.11. The maximum Gasteiger partial charge on any atom is 0.120 e. The third kappa shape index (κ3) is 3.00. The number of aromatic nitrogens is 1. The highest BCUT2D eigenvalue weighted by atomic mass is 32.1. The number of fused-ring (bicyclic) bond motifs is 1. The summed E-state index contributed by atoms with van der Waals surface area (Å²) in [5, 5.41) is 4.41. The fourth-order valence-corrected chi connectivity index (χ4v) is 2.41. The van der Waals surface area contributed by atoms with Crippen LogP contribution in [0.1, 0.15) is 11.4 Å². The van der Waals surface area contributed by atoms with E-state index >= 15 is 0 Å². The van der Waals surface area contributed by atoms with E-state index in [1.165, 1.54) is 0 Å². The van der Waals surface area contributed by atoms with E-state index in [1.54, 1.807) is 18.4 Å². The molecule has 0 aliphatic rings. The summed E-state index contributed by atoms with van der Waals surface area (Å²) in [4.78, 5) is 7.18. The number of hydrogen-bond acceptors (Lipinski definition) is 4. The van der Waals surface area contributed by atoms with Crippen LogP contribution in [-0.2, 0) is 0 Å². The summed E-state index contributed by atoms with van der Waals surface area (Å²) >= 11 is 1.61. The molecule has 0 aliphatic heterocycles. The van der Waals surface area contributed by atoms with E-state index in [9.17, 15) is 0 Å². The Morgan fingerprint density at radius 1 is 1.56 bits per heavy atom. The van der Waals surface area contributed by atoms with E-state index in [1.807, 2.05) is 30.4 Å². The van der Waals surface area contributed by atoms with Gasteiger partial charge in [0, 0.05) is 11.5 Å². The molecule has 0 spiro atoms. The van der Waals surface area contributed by atoms with Gasteiger partial charge in [0.05, 0.1) is 17.3 Å². The fourth-order valence-electron chi connectivity index (χ4n) is 1.48. The van der Waals surface area contributed by atoms with Crippen molar-refractivity contribution in [2.24, 2.45) is 5.11 Å². The number of ether oxygens (including phenoxy) is 1. The molecule has 92 valence electrons. The molecule has 6 heteroatoms. The first-order valence-corrected chi connectivity index (χ1v) is 6.27. The van der Waals surface area contributed by atoms with Crippen molar-refractivity contribution in [1.29, 1.82) is 0 Å². The number of azide groups is 1. The lowest BCUT2D eigenvalue weighted by Gasteiger charge is -1.96. The van der Waals surface area contributed by atoms with Crippen LogP contribution < -0.4 is 4.74 Å². The van der Waals surface area contributed by atoms with Gasteiger partial charge in [0.1, 0.15) is 10.8 Å². The van der Waals surface area contributed by atoms with Crippen LogP contribution in [-0.4, -0.2) is 18.6 Å². The normalized spacial score (nSPS) is 10.7. The number of methoxy groups -OCH3 is 1. The third-order valence-electron chi connectivity index (χ3n) is 2.33. The largest absolute Gasteiger partial charge is 0.497 e. The summed E-state index contributed by atoms with van der Waals surface area (Å²) in [7, 11) is 1.65. The van der Waals surface area contributed by atoms with E-state index in [2.05, 4.69) is 15.0 Å². The van der Waals surface area contributed by atoms with Gasteiger partial charge in [-0.2, -0.15) is 0 Å². The van der Waals surface area contributed by atoms with E-state index < -0.39 is 0 Å². The van der Waals surface area contributed by atoms with Crippen molar-refractivity contribution < 1.29 is 4.74 Å². The van der Waals surface area contributed by atoms with E-state index in [4.69, 9.17) is 10.3 Å². The topological polar surface area (TPSA) is 70.9 Å². The molecule has 0 fully saturated rings. The van der Waals surface area contributed by atoms with Crippen LogP contribution in [0.3, 0.4) is 0 Å². The van der Waals surface area contributed by atoms with Gasteiger partial charge in [0.25, 0.3) is 0 Å². The molecule has 1 aromatic carbocycles. The minimum atomic E-state index is 0.478. The molecule has 0 saturated carbocycles. The summed E-state index contributed by atoms with van der Waals surface area (Å²) in [6.45, 7) is 0.478. The van der Waals surface area contributed by atoms with Gasteiger partial charge < -0.3 is 4.74 Å². The van der Waals surface area contributed by atoms with Crippen LogP contribution in [0, 0.1) is 0 Å². The average molecular weight is 260 g/mol. The quantitative estimate of drug-likeness (QED) is 0.352. The molecule has 2 rings (SSSR count). The van der Waals surface area contributed by atoms with Gasteiger partial charge in [0.15, 0.2) is 0 Å². The van der Waals surface area contributed by atoms with Crippen molar-refractivity contribution in [3.8, 4) is 5.75 Å². The number of nitrogens with zero attached hydrogens (tertiary/aromatic N) is 4. The van der Waals surface area contributed by atoms with Gasteiger partial charge in [-0.05, 0) is 36.2 Å². The second-order valence-electron chi connectivity index (χ2n) is 3.53. The zero-order valence-electron chi connectivity index (χ0n) is 9.91. The van der Waals surface area contributed by atoms with Crippen molar-refractivity contribution in [2.45, 2.75) is 6.42 Å². The summed E-state index contributed by atoms with van der Waals surface area (Å²) in [6, 6.07) is 5.82. The Hall–Kier alpha value is -2.04. The van der Waals surface area contributed by atoms with Crippen molar-refractivity contribution in [3.63, 3.8) is 0 Å². The number of rotatable bonds is 5. The van der Waals surface area contributed by atoms with Crippen LogP contribution in [0.25, 0.3) is 26.7 Å². The first kappa shape index (κ1) is 12.4. The lowest BCUT2D eigenvalue weighted by Crippen LogP contribution is -1.80. The molecule has 5 nitrogen and oxygen atoms in total. The van der Waals surface area contributed by atoms with Crippen molar-refractivity contribution in [1.82, 2.24) is 4.98 Å². The van der Waals surface area contributed by atoms with Crippen molar-refractivity contribution >= 4 is 27.6 Å². The highest BCUT2D eigenvalue weighted by Crippen LogP contribution is 2.26. The maximum absolute atomic E-state index is 8.14. The Kier molecular flexibility index (Phi) is 4.17. The van der Waals surface area contributed by atoms with Crippen molar-refractivity contribution in [2.75, 3.05) is 13.7 Å². The summed E-state index contributed by atoms with van der Waals surface area (Å²) in [5.74, 6) is 0.838. The zero-order valence-corrected chi connectivity index (χ0v) is 10.7. The molecule has 0 amide bonds. The van der Waals surface area contributed by atoms with Crippen LogP contribution in [0.15, 0.2) is 29.4 Å². The molecule has 2 aromatic rings.